The van der Waals surface area contributed by atoms with Crippen LogP contribution in [0, 0.1) is 0 Å². The normalized spacial score (nSPS) is 22.6. The maximum Gasteiger partial charge on any atom is 0.243 e. The standard InChI is InChI=1S/C14H25N3O3/c1-14(2,20)11-16-8-6-15(7-9-16)10-13(19)17-5-3-4-12(17)18/h20H,3-11H2,1-2H3. The van der Waals surface area contributed by atoms with Crippen molar-refractivity contribution in [3.8, 4) is 0 Å². The summed E-state index contributed by atoms with van der Waals surface area (Å²) < 4.78 is 0. The lowest BCUT2D eigenvalue weighted by Crippen LogP contribution is -2.52. The van der Waals surface area contributed by atoms with Crippen molar-refractivity contribution in [1.29, 1.82) is 0 Å². The van der Waals surface area contributed by atoms with Crippen molar-refractivity contribution in [3.05, 3.63) is 0 Å². The van der Waals surface area contributed by atoms with Crippen molar-refractivity contribution < 1.29 is 14.7 Å². The van der Waals surface area contributed by atoms with E-state index in [-0.39, 0.29) is 11.8 Å². The van der Waals surface area contributed by atoms with Gasteiger partial charge in [-0.25, -0.2) is 0 Å². The van der Waals surface area contributed by atoms with Crippen molar-refractivity contribution in [1.82, 2.24) is 14.7 Å². The summed E-state index contributed by atoms with van der Waals surface area (Å²) in [5.41, 5.74) is -0.681. The summed E-state index contributed by atoms with van der Waals surface area (Å²) in [7, 11) is 0. The predicted octanol–water partition coefficient (Wildman–Crippen LogP) is -0.476. The third-order valence-corrected chi connectivity index (χ3v) is 3.81. The van der Waals surface area contributed by atoms with Gasteiger partial charge < -0.3 is 5.11 Å². The van der Waals surface area contributed by atoms with Crippen molar-refractivity contribution >= 4 is 11.8 Å². The maximum absolute atomic E-state index is 12.0. The quantitative estimate of drug-likeness (QED) is 0.755. The van der Waals surface area contributed by atoms with Gasteiger partial charge in [-0.05, 0) is 20.3 Å². The first-order valence-electron chi connectivity index (χ1n) is 7.35. The number of piperazine rings is 1. The van der Waals surface area contributed by atoms with E-state index < -0.39 is 5.60 Å². The second-order valence-electron chi connectivity index (χ2n) is 6.41. The van der Waals surface area contributed by atoms with Gasteiger partial charge in [0.05, 0.1) is 12.1 Å². The number of carbonyl (C=O) groups excluding carboxylic acids is 2. The molecule has 2 saturated heterocycles. The van der Waals surface area contributed by atoms with Crippen molar-refractivity contribution in [3.63, 3.8) is 0 Å². The van der Waals surface area contributed by atoms with E-state index in [9.17, 15) is 14.7 Å². The molecule has 2 rings (SSSR count). The van der Waals surface area contributed by atoms with Crippen molar-refractivity contribution in [2.75, 3.05) is 45.8 Å². The molecular formula is C14H25N3O3. The summed E-state index contributed by atoms with van der Waals surface area (Å²) >= 11 is 0. The highest BCUT2D eigenvalue weighted by Crippen LogP contribution is 2.12. The molecule has 0 aromatic carbocycles. The first-order chi connectivity index (χ1) is 9.35. The molecule has 20 heavy (non-hydrogen) atoms. The van der Waals surface area contributed by atoms with Gasteiger partial charge >= 0.3 is 0 Å². The van der Waals surface area contributed by atoms with E-state index in [1.165, 1.54) is 4.90 Å². The molecule has 0 aliphatic carbocycles. The van der Waals surface area contributed by atoms with Gasteiger partial charge in [0.1, 0.15) is 0 Å². The van der Waals surface area contributed by atoms with Gasteiger partial charge in [-0.1, -0.05) is 0 Å². The molecular weight excluding hydrogens is 258 g/mol. The fraction of sp³-hybridized carbons (Fsp3) is 0.857. The van der Waals surface area contributed by atoms with Crippen LogP contribution in [-0.2, 0) is 9.59 Å². The number of imide groups is 1. The van der Waals surface area contributed by atoms with Crippen LogP contribution in [0.5, 0.6) is 0 Å². The van der Waals surface area contributed by atoms with Gasteiger partial charge in [0.15, 0.2) is 0 Å². The molecule has 2 amide bonds. The Morgan fingerprint density at radius 3 is 2.25 bits per heavy atom. The molecule has 0 aromatic heterocycles. The van der Waals surface area contributed by atoms with Crippen LogP contribution in [0.25, 0.3) is 0 Å². The molecule has 0 spiro atoms. The smallest absolute Gasteiger partial charge is 0.243 e. The highest BCUT2D eigenvalue weighted by atomic mass is 16.3. The summed E-state index contributed by atoms with van der Waals surface area (Å²) in [6.07, 6.45) is 1.30. The second-order valence-corrected chi connectivity index (χ2v) is 6.41. The number of hydrogen-bond acceptors (Lipinski definition) is 5. The van der Waals surface area contributed by atoms with E-state index in [0.717, 1.165) is 32.6 Å². The van der Waals surface area contributed by atoms with E-state index >= 15 is 0 Å². The molecule has 114 valence electrons. The van der Waals surface area contributed by atoms with Crippen molar-refractivity contribution in [2.45, 2.75) is 32.3 Å². The van der Waals surface area contributed by atoms with Crippen LogP contribution >= 0.6 is 0 Å². The summed E-state index contributed by atoms with van der Waals surface area (Å²) in [5, 5.41) is 9.80. The van der Waals surface area contributed by atoms with E-state index in [1.807, 2.05) is 13.8 Å². The Bertz CT molecular complexity index is 370. The van der Waals surface area contributed by atoms with E-state index in [2.05, 4.69) is 9.80 Å². The first-order valence-corrected chi connectivity index (χ1v) is 7.35. The number of rotatable bonds is 4. The largest absolute Gasteiger partial charge is 0.389 e. The lowest BCUT2D eigenvalue weighted by Gasteiger charge is -2.37. The van der Waals surface area contributed by atoms with Gasteiger partial charge in [-0.2, -0.15) is 0 Å². The van der Waals surface area contributed by atoms with Crippen LogP contribution in [0.1, 0.15) is 26.7 Å². The summed E-state index contributed by atoms with van der Waals surface area (Å²) in [6, 6.07) is 0. The van der Waals surface area contributed by atoms with Gasteiger partial charge in [0.2, 0.25) is 11.8 Å². The van der Waals surface area contributed by atoms with Crippen LogP contribution in [0.2, 0.25) is 0 Å². The minimum absolute atomic E-state index is 0.0318. The van der Waals surface area contributed by atoms with Gasteiger partial charge in [-0.15, -0.1) is 0 Å². The van der Waals surface area contributed by atoms with E-state index in [0.29, 0.717) is 26.1 Å². The Kier molecular flexibility index (Phi) is 4.78. The SMILES string of the molecule is CC(C)(O)CN1CCN(CC(=O)N2CCCC2=O)CC1. The number of aliphatic hydroxyl groups is 1. The highest BCUT2D eigenvalue weighted by Gasteiger charge is 2.29. The predicted molar refractivity (Wildman–Crippen MR) is 75.1 cm³/mol. The molecule has 0 saturated carbocycles. The molecule has 0 bridgehead atoms. The Morgan fingerprint density at radius 1 is 1.15 bits per heavy atom. The number of likely N-dealkylation sites (tertiary alicyclic amines) is 1. The van der Waals surface area contributed by atoms with E-state index in [4.69, 9.17) is 0 Å². The molecule has 6 heteroatoms. The Hall–Kier alpha value is -0.980. The third-order valence-electron chi connectivity index (χ3n) is 3.81. The number of hydrogen-bond donors (Lipinski definition) is 1. The molecule has 2 fully saturated rings. The molecule has 1 N–H and O–H groups in total. The fourth-order valence-electron chi connectivity index (χ4n) is 2.84. The van der Waals surface area contributed by atoms with Crippen molar-refractivity contribution in [2.24, 2.45) is 0 Å². The van der Waals surface area contributed by atoms with E-state index in [1.54, 1.807) is 0 Å². The van der Waals surface area contributed by atoms with Gasteiger partial charge in [0, 0.05) is 45.7 Å². The average molecular weight is 283 g/mol. The number of nitrogens with zero attached hydrogens (tertiary/aromatic N) is 3. The fourth-order valence-corrected chi connectivity index (χ4v) is 2.84. The maximum atomic E-state index is 12.0. The lowest BCUT2D eigenvalue weighted by atomic mass is 10.1. The summed E-state index contributed by atoms with van der Waals surface area (Å²) in [5.74, 6) is -0.0981. The Labute approximate surface area is 120 Å². The first kappa shape index (κ1) is 15.4. The average Bonchev–Trinajstić information content (AvgIpc) is 2.76. The van der Waals surface area contributed by atoms with Crippen LogP contribution in [0.15, 0.2) is 0 Å². The molecule has 0 aromatic rings. The number of carbonyl (C=O) groups is 2. The zero-order valence-electron chi connectivity index (χ0n) is 12.5. The topological polar surface area (TPSA) is 64.1 Å². The monoisotopic (exact) mass is 283 g/mol. The zero-order chi connectivity index (χ0) is 14.8. The molecule has 2 aliphatic heterocycles. The molecule has 0 radical (unpaired) electrons. The van der Waals surface area contributed by atoms with Crippen LogP contribution < -0.4 is 0 Å². The third kappa shape index (κ3) is 4.26. The minimum Gasteiger partial charge on any atom is -0.389 e. The number of amides is 2. The van der Waals surface area contributed by atoms with Crippen LogP contribution in [-0.4, -0.2) is 83.0 Å². The molecule has 0 unspecified atom stereocenters. The van der Waals surface area contributed by atoms with Gasteiger partial charge in [-0.3, -0.25) is 24.3 Å². The lowest BCUT2D eigenvalue weighted by molar-refractivity contribution is -0.142. The highest BCUT2D eigenvalue weighted by molar-refractivity contribution is 5.97. The molecule has 6 nitrogen and oxygen atoms in total. The van der Waals surface area contributed by atoms with Crippen LogP contribution in [0.3, 0.4) is 0 Å². The Morgan fingerprint density at radius 2 is 1.75 bits per heavy atom. The van der Waals surface area contributed by atoms with Gasteiger partial charge in [0.25, 0.3) is 0 Å². The Balaban J connectivity index is 1.74. The minimum atomic E-state index is -0.681. The molecule has 2 aliphatic rings. The number of β-amino-alcohol motifs (C(OH)–C–C–N with tert-alkyl or cyclic N) is 1. The molecule has 0 atom stereocenters. The summed E-state index contributed by atoms with van der Waals surface area (Å²) in [4.78, 5) is 29.3. The summed E-state index contributed by atoms with van der Waals surface area (Å²) in [6.45, 7) is 8.51. The molecule has 2 heterocycles. The zero-order valence-corrected chi connectivity index (χ0v) is 12.5. The van der Waals surface area contributed by atoms with Crippen LogP contribution in [0.4, 0.5) is 0 Å². The second kappa shape index (κ2) is 6.20.